The van der Waals surface area contributed by atoms with Crippen LogP contribution >= 0.6 is 0 Å². The first-order valence-corrected chi connectivity index (χ1v) is 17.7. The average molecular weight is 685 g/mol. The van der Waals surface area contributed by atoms with Gasteiger partial charge in [0.25, 0.3) is 0 Å². The van der Waals surface area contributed by atoms with Crippen molar-refractivity contribution in [1.29, 1.82) is 0 Å². The topological polar surface area (TPSA) is 86.6 Å². The van der Waals surface area contributed by atoms with Crippen LogP contribution in [-0.4, -0.2) is 23.3 Å². The molecular weight excluding hydrogens is 653 g/mol. The third-order valence-electron chi connectivity index (χ3n) is 9.82. The van der Waals surface area contributed by atoms with Crippen molar-refractivity contribution in [2.45, 2.75) is 12.3 Å². The van der Waals surface area contributed by atoms with E-state index < -0.39 is 12.3 Å². The van der Waals surface area contributed by atoms with Gasteiger partial charge in [-0.2, -0.15) is 0 Å². The van der Waals surface area contributed by atoms with Gasteiger partial charge in [-0.15, -0.1) is 0 Å². The Morgan fingerprint density at radius 1 is 0.396 bits per heavy atom. The van der Waals surface area contributed by atoms with Gasteiger partial charge in [-0.05, 0) is 29.0 Å². The van der Waals surface area contributed by atoms with Crippen molar-refractivity contribution >= 4 is 56.1 Å². The van der Waals surface area contributed by atoms with E-state index in [0.717, 1.165) is 83.6 Å². The summed E-state index contributed by atoms with van der Waals surface area (Å²) >= 11 is 0. The molecule has 0 saturated carbocycles. The van der Waals surface area contributed by atoms with Crippen LogP contribution in [0, 0.1) is 0 Å². The molecule has 0 aliphatic carbocycles. The number of nitrogens with one attached hydrogen (secondary N) is 2. The summed E-state index contributed by atoms with van der Waals surface area (Å²) in [7, 11) is 0. The summed E-state index contributed by atoms with van der Waals surface area (Å²) in [6.45, 7) is 0. The van der Waals surface area contributed by atoms with Crippen LogP contribution in [0.3, 0.4) is 0 Å². The molecule has 0 saturated heterocycles. The first-order valence-electron chi connectivity index (χ1n) is 17.7. The molecule has 10 rings (SSSR count). The van der Waals surface area contributed by atoms with Crippen LogP contribution in [0.2, 0.25) is 0 Å². The molecule has 2 aliphatic rings. The van der Waals surface area contributed by atoms with Crippen LogP contribution in [0.4, 0.5) is 0 Å². The van der Waals surface area contributed by atoms with E-state index in [9.17, 15) is 0 Å². The van der Waals surface area contributed by atoms with Gasteiger partial charge in [-0.25, -0.2) is 20.0 Å². The molecule has 8 aromatic rings. The summed E-state index contributed by atoms with van der Waals surface area (Å²) in [6, 6.07) is 57.6. The van der Waals surface area contributed by atoms with Crippen LogP contribution < -0.4 is 10.6 Å². The molecule has 0 amide bonds. The number of amidine groups is 4. The second-order valence-corrected chi connectivity index (χ2v) is 13.1. The minimum absolute atomic E-state index is 0.508. The third kappa shape index (κ3) is 5.56. The lowest BCUT2D eigenvalue weighted by atomic mass is 9.98. The lowest BCUT2D eigenvalue weighted by Crippen LogP contribution is -2.38. The molecule has 7 heteroatoms. The molecule has 0 bridgehead atoms. The minimum Gasteiger partial charge on any atom is -0.456 e. The first kappa shape index (κ1) is 30.7. The van der Waals surface area contributed by atoms with Crippen LogP contribution in [0.25, 0.3) is 32.7 Å². The second-order valence-electron chi connectivity index (χ2n) is 13.1. The number of para-hydroxylation sites is 1. The first-order chi connectivity index (χ1) is 26.3. The van der Waals surface area contributed by atoms with Gasteiger partial charge in [0.2, 0.25) is 0 Å². The lowest BCUT2D eigenvalue weighted by Gasteiger charge is -2.26. The van der Waals surface area contributed by atoms with E-state index in [4.69, 9.17) is 24.4 Å². The highest BCUT2D eigenvalue weighted by Gasteiger charge is 2.31. The molecule has 0 fully saturated rings. The Balaban J connectivity index is 1.23. The molecule has 53 heavy (non-hydrogen) atoms. The zero-order chi connectivity index (χ0) is 35.1. The molecule has 0 radical (unpaired) electrons. The lowest BCUT2D eigenvalue weighted by molar-refractivity contribution is 0.648. The second kappa shape index (κ2) is 12.9. The summed E-state index contributed by atoms with van der Waals surface area (Å²) in [5.41, 5.74) is 7.09. The molecule has 3 heterocycles. The van der Waals surface area contributed by atoms with E-state index >= 15 is 0 Å². The molecule has 1 atom stereocenters. The van der Waals surface area contributed by atoms with E-state index in [-0.39, 0.29) is 0 Å². The SMILES string of the molecule is c1ccc(C2=NC(c3c(C4=NC(c5cccc6ccccc56)N=C(c5ccccc5)N4)ccc4c3oc3ccccc34)N=C(c3ccccc3)N2)cc1. The summed E-state index contributed by atoms with van der Waals surface area (Å²) < 4.78 is 6.76. The highest BCUT2D eigenvalue weighted by molar-refractivity contribution is 6.20. The van der Waals surface area contributed by atoms with Crippen LogP contribution in [-0.2, 0) is 0 Å². The normalized spacial score (nSPS) is 16.0. The van der Waals surface area contributed by atoms with Crippen molar-refractivity contribution in [3.8, 4) is 0 Å². The van der Waals surface area contributed by atoms with Gasteiger partial charge in [0.05, 0.1) is 5.56 Å². The smallest absolute Gasteiger partial charge is 0.174 e. The van der Waals surface area contributed by atoms with Crippen molar-refractivity contribution in [3.05, 3.63) is 203 Å². The molecule has 1 aromatic heterocycles. The van der Waals surface area contributed by atoms with E-state index in [2.05, 4.69) is 108 Å². The van der Waals surface area contributed by atoms with Crippen LogP contribution in [0.15, 0.2) is 194 Å². The number of benzene rings is 7. The zero-order valence-corrected chi connectivity index (χ0v) is 28.5. The Labute approximate surface area is 305 Å². The quantitative estimate of drug-likeness (QED) is 0.183. The van der Waals surface area contributed by atoms with Crippen molar-refractivity contribution < 1.29 is 4.42 Å². The maximum absolute atomic E-state index is 6.76. The summed E-state index contributed by atoms with van der Waals surface area (Å²) in [4.78, 5) is 21.2. The van der Waals surface area contributed by atoms with Crippen molar-refractivity contribution in [1.82, 2.24) is 10.6 Å². The Morgan fingerprint density at radius 2 is 0.906 bits per heavy atom. The Morgan fingerprint density at radius 3 is 1.57 bits per heavy atom. The molecule has 252 valence electrons. The van der Waals surface area contributed by atoms with Gasteiger partial charge >= 0.3 is 0 Å². The predicted molar refractivity (Wildman–Crippen MR) is 215 cm³/mol. The number of fused-ring (bicyclic) bond motifs is 4. The fourth-order valence-electron chi connectivity index (χ4n) is 7.28. The van der Waals surface area contributed by atoms with Crippen LogP contribution in [0.1, 0.15) is 45.7 Å². The Kier molecular flexibility index (Phi) is 7.46. The molecule has 7 nitrogen and oxygen atoms in total. The number of rotatable bonds is 6. The average Bonchev–Trinajstić information content (AvgIpc) is 3.62. The molecule has 7 aromatic carbocycles. The van der Waals surface area contributed by atoms with Gasteiger partial charge in [0, 0.05) is 38.6 Å². The van der Waals surface area contributed by atoms with Gasteiger partial charge in [0.15, 0.2) is 12.3 Å². The van der Waals surface area contributed by atoms with E-state index in [1.165, 1.54) is 0 Å². The standard InChI is InChI=1S/C46H32N6O/c1-4-16-30(17-5-1)41-47-42(31-18-6-2-7-19-31)51-46(50-41)39-37(28-27-35-34-24-12-13-26-38(34)53-40(35)39)45-49-43(32-20-8-3-9-21-32)48-44(52-45)36-25-14-22-29-15-10-11-23-33(29)36/h1-28,44,46H,(H,47,50,51)(H,48,49,52). The molecule has 0 spiro atoms. The van der Waals surface area contributed by atoms with Crippen LogP contribution in [0.5, 0.6) is 0 Å². The van der Waals surface area contributed by atoms with Gasteiger partial charge in [-0.3, -0.25) is 0 Å². The highest BCUT2D eigenvalue weighted by Crippen LogP contribution is 2.40. The Hall–Kier alpha value is -7.12. The van der Waals surface area contributed by atoms with Crippen molar-refractivity contribution in [3.63, 3.8) is 0 Å². The van der Waals surface area contributed by atoms with E-state index in [0.29, 0.717) is 5.84 Å². The number of hydrogen-bond donors (Lipinski definition) is 2. The fourth-order valence-corrected chi connectivity index (χ4v) is 7.28. The minimum atomic E-state index is -0.666. The molecule has 2 aliphatic heterocycles. The number of aliphatic imine (C=N–C) groups is 4. The largest absolute Gasteiger partial charge is 0.456 e. The molecule has 2 N–H and O–H groups in total. The van der Waals surface area contributed by atoms with E-state index in [1.54, 1.807) is 0 Å². The van der Waals surface area contributed by atoms with Gasteiger partial charge in [0.1, 0.15) is 34.5 Å². The van der Waals surface area contributed by atoms with Crippen molar-refractivity contribution in [2.24, 2.45) is 20.0 Å². The molecule has 1 unspecified atom stereocenters. The van der Waals surface area contributed by atoms with Crippen molar-refractivity contribution in [2.75, 3.05) is 0 Å². The maximum atomic E-state index is 6.76. The monoisotopic (exact) mass is 684 g/mol. The Bertz CT molecular complexity index is 2720. The van der Waals surface area contributed by atoms with Gasteiger partial charge in [-0.1, -0.05) is 152 Å². The predicted octanol–water partition coefficient (Wildman–Crippen LogP) is 9.73. The number of furan rings is 1. The molecular formula is C46H32N6O. The maximum Gasteiger partial charge on any atom is 0.174 e. The van der Waals surface area contributed by atoms with E-state index in [1.807, 2.05) is 72.8 Å². The zero-order valence-electron chi connectivity index (χ0n) is 28.5. The fraction of sp³-hybridized carbons (Fsp3) is 0.0435. The highest BCUT2D eigenvalue weighted by atomic mass is 16.3. The summed E-state index contributed by atoms with van der Waals surface area (Å²) in [5, 5.41) is 11.5. The van der Waals surface area contributed by atoms with Gasteiger partial charge < -0.3 is 15.1 Å². The third-order valence-corrected chi connectivity index (χ3v) is 9.82. The number of nitrogens with zero attached hydrogens (tertiary/aromatic N) is 4. The number of hydrogen-bond acceptors (Lipinski definition) is 7. The summed E-state index contributed by atoms with van der Waals surface area (Å²) in [6.07, 6.45) is -1.17. The summed E-state index contributed by atoms with van der Waals surface area (Å²) in [5.74, 6) is 2.85.